The van der Waals surface area contributed by atoms with Crippen molar-refractivity contribution >= 4 is 5.69 Å². The zero-order valence-corrected chi connectivity index (χ0v) is 10.1. The molecule has 0 amide bonds. The molecule has 1 aromatic heterocycles. The van der Waals surface area contributed by atoms with Crippen LogP contribution in [0, 0.1) is 5.82 Å². The zero-order valence-electron chi connectivity index (χ0n) is 10.1. The molecule has 1 aromatic carbocycles. The molecule has 2 aromatic rings. The first kappa shape index (κ1) is 12.4. The Morgan fingerprint density at radius 3 is 2.67 bits per heavy atom. The lowest BCUT2D eigenvalue weighted by atomic mass is 10.3. The first-order chi connectivity index (χ1) is 8.74. The second kappa shape index (κ2) is 6.05. The Balaban J connectivity index is 1.63. The number of nitrogens with zero attached hydrogens (tertiary/aromatic N) is 2. The van der Waals surface area contributed by atoms with E-state index in [1.807, 2.05) is 4.68 Å². The predicted octanol–water partition coefficient (Wildman–Crippen LogP) is 2.46. The maximum atomic E-state index is 12.6. The minimum absolute atomic E-state index is 0.251. The van der Waals surface area contributed by atoms with Crippen LogP contribution < -0.4 is 10.5 Å². The third-order valence-corrected chi connectivity index (χ3v) is 2.52. The van der Waals surface area contributed by atoms with Gasteiger partial charge in [0.2, 0.25) is 0 Å². The van der Waals surface area contributed by atoms with E-state index in [2.05, 4.69) is 5.10 Å². The van der Waals surface area contributed by atoms with E-state index < -0.39 is 0 Å². The van der Waals surface area contributed by atoms with Crippen LogP contribution >= 0.6 is 0 Å². The molecule has 0 saturated heterocycles. The van der Waals surface area contributed by atoms with E-state index in [4.69, 9.17) is 10.5 Å². The van der Waals surface area contributed by atoms with Crippen LogP contribution in [0.15, 0.2) is 36.7 Å². The Morgan fingerprint density at radius 1 is 1.22 bits per heavy atom. The summed E-state index contributed by atoms with van der Waals surface area (Å²) in [4.78, 5) is 0. The number of hydrogen-bond acceptors (Lipinski definition) is 3. The molecule has 0 aliphatic rings. The lowest BCUT2D eigenvalue weighted by molar-refractivity contribution is 0.301. The van der Waals surface area contributed by atoms with Crippen molar-refractivity contribution in [2.75, 3.05) is 12.3 Å². The molecule has 1 heterocycles. The molecule has 0 unspecified atom stereocenters. The maximum absolute atomic E-state index is 12.6. The average Bonchev–Trinajstić information content (AvgIpc) is 2.77. The first-order valence-corrected chi connectivity index (χ1v) is 5.90. The topological polar surface area (TPSA) is 53.1 Å². The van der Waals surface area contributed by atoms with Crippen molar-refractivity contribution in [1.82, 2.24) is 9.78 Å². The summed E-state index contributed by atoms with van der Waals surface area (Å²) >= 11 is 0. The van der Waals surface area contributed by atoms with Gasteiger partial charge in [-0.25, -0.2) is 4.39 Å². The van der Waals surface area contributed by atoms with E-state index in [1.165, 1.54) is 12.1 Å². The fraction of sp³-hybridized carbons (Fsp3) is 0.308. The maximum Gasteiger partial charge on any atom is 0.123 e. The van der Waals surface area contributed by atoms with E-state index in [0.29, 0.717) is 18.0 Å². The number of anilines is 1. The third-order valence-electron chi connectivity index (χ3n) is 2.52. The van der Waals surface area contributed by atoms with Crippen LogP contribution in [0.4, 0.5) is 10.1 Å². The van der Waals surface area contributed by atoms with Gasteiger partial charge in [-0.15, -0.1) is 0 Å². The van der Waals surface area contributed by atoms with Crippen LogP contribution in [0.25, 0.3) is 0 Å². The summed E-state index contributed by atoms with van der Waals surface area (Å²) in [6.45, 7) is 1.44. The van der Waals surface area contributed by atoms with Crippen LogP contribution in [0.5, 0.6) is 5.75 Å². The minimum atomic E-state index is -0.251. The Kier molecular flexibility index (Phi) is 4.17. The van der Waals surface area contributed by atoms with Crippen molar-refractivity contribution in [3.63, 3.8) is 0 Å². The molecule has 0 aliphatic heterocycles. The highest BCUT2D eigenvalue weighted by Crippen LogP contribution is 2.11. The third kappa shape index (κ3) is 3.76. The van der Waals surface area contributed by atoms with Crippen molar-refractivity contribution < 1.29 is 9.13 Å². The molecule has 0 bridgehead atoms. The molecule has 4 nitrogen and oxygen atoms in total. The van der Waals surface area contributed by atoms with Crippen molar-refractivity contribution in [3.8, 4) is 5.75 Å². The highest BCUT2D eigenvalue weighted by atomic mass is 19.1. The lowest BCUT2D eigenvalue weighted by Gasteiger charge is -2.06. The zero-order chi connectivity index (χ0) is 12.8. The van der Waals surface area contributed by atoms with Gasteiger partial charge < -0.3 is 10.5 Å². The summed E-state index contributed by atoms with van der Waals surface area (Å²) in [7, 11) is 0. The fourth-order valence-electron chi connectivity index (χ4n) is 1.60. The van der Waals surface area contributed by atoms with Gasteiger partial charge in [0.15, 0.2) is 0 Å². The largest absolute Gasteiger partial charge is 0.494 e. The molecule has 0 atom stereocenters. The summed E-state index contributed by atoms with van der Waals surface area (Å²) in [6, 6.07) is 6.04. The molecule has 0 fully saturated rings. The molecule has 0 saturated carbocycles. The van der Waals surface area contributed by atoms with Crippen molar-refractivity contribution in [3.05, 3.63) is 42.5 Å². The smallest absolute Gasteiger partial charge is 0.123 e. The molecule has 0 aliphatic carbocycles. The monoisotopic (exact) mass is 249 g/mol. The quantitative estimate of drug-likeness (QED) is 0.800. The van der Waals surface area contributed by atoms with Crippen LogP contribution in [0.1, 0.15) is 12.8 Å². The summed E-state index contributed by atoms with van der Waals surface area (Å²) in [5, 5.41) is 4.09. The molecule has 18 heavy (non-hydrogen) atoms. The minimum Gasteiger partial charge on any atom is -0.494 e. The number of halogens is 1. The van der Waals surface area contributed by atoms with Gasteiger partial charge in [-0.05, 0) is 37.1 Å². The van der Waals surface area contributed by atoms with E-state index >= 15 is 0 Å². The Hall–Kier alpha value is -2.04. The van der Waals surface area contributed by atoms with Gasteiger partial charge in [0.1, 0.15) is 11.6 Å². The van der Waals surface area contributed by atoms with Gasteiger partial charge in [0.05, 0.1) is 18.5 Å². The predicted molar refractivity (Wildman–Crippen MR) is 67.8 cm³/mol. The summed E-state index contributed by atoms with van der Waals surface area (Å²) in [5.74, 6) is 0.443. The normalized spacial score (nSPS) is 10.5. The molecule has 96 valence electrons. The summed E-state index contributed by atoms with van der Waals surface area (Å²) in [5.41, 5.74) is 6.24. The second-order valence-corrected chi connectivity index (χ2v) is 4.05. The van der Waals surface area contributed by atoms with Gasteiger partial charge in [-0.1, -0.05) is 0 Å². The lowest BCUT2D eigenvalue weighted by Crippen LogP contribution is -2.02. The number of hydrogen-bond donors (Lipinski definition) is 1. The van der Waals surface area contributed by atoms with Gasteiger partial charge in [0, 0.05) is 12.7 Å². The number of benzene rings is 1. The van der Waals surface area contributed by atoms with Gasteiger partial charge in [0.25, 0.3) is 0 Å². The number of nitrogen functional groups attached to an aromatic ring is 1. The van der Waals surface area contributed by atoms with E-state index in [9.17, 15) is 4.39 Å². The first-order valence-electron chi connectivity index (χ1n) is 5.90. The van der Waals surface area contributed by atoms with Crippen molar-refractivity contribution in [2.24, 2.45) is 0 Å². The average molecular weight is 249 g/mol. The van der Waals surface area contributed by atoms with E-state index in [0.717, 1.165) is 19.4 Å². The fourth-order valence-corrected chi connectivity index (χ4v) is 1.60. The van der Waals surface area contributed by atoms with Crippen LogP contribution in [-0.2, 0) is 6.54 Å². The van der Waals surface area contributed by atoms with Crippen LogP contribution in [-0.4, -0.2) is 16.4 Å². The van der Waals surface area contributed by atoms with E-state index in [-0.39, 0.29) is 5.82 Å². The van der Waals surface area contributed by atoms with Crippen molar-refractivity contribution in [2.45, 2.75) is 19.4 Å². The number of aryl methyl sites for hydroxylation is 1. The van der Waals surface area contributed by atoms with Crippen LogP contribution in [0.2, 0.25) is 0 Å². The van der Waals surface area contributed by atoms with Crippen molar-refractivity contribution in [1.29, 1.82) is 0 Å². The Labute approximate surface area is 105 Å². The molecular formula is C13H16FN3O. The second-order valence-electron chi connectivity index (χ2n) is 4.05. The van der Waals surface area contributed by atoms with E-state index in [1.54, 1.807) is 24.5 Å². The van der Waals surface area contributed by atoms with Gasteiger partial charge in [-0.2, -0.15) is 5.10 Å². The van der Waals surface area contributed by atoms with Gasteiger partial charge >= 0.3 is 0 Å². The summed E-state index contributed by atoms with van der Waals surface area (Å²) in [6.07, 6.45) is 5.31. The number of ether oxygens (including phenoxy) is 1. The van der Waals surface area contributed by atoms with Gasteiger partial charge in [-0.3, -0.25) is 4.68 Å². The SMILES string of the molecule is Nc1cnn(CCCCOc2ccc(F)cc2)c1. The molecule has 5 heteroatoms. The standard InChI is InChI=1S/C13H16FN3O/c14-11-3-5-13(6-4-11)18-8-2-1-7-17-10-12(15)9-16-17/h3-6,9-10H,1-2,7-8,15H2. The molecule has 0 radical (unpaired) electrons. The highest BCUT2D eigenvalue weighted by Gasteiger charge is 1.97. The molecular weight excluding hydrogens is 233 g/mol. The number of nitrogens with two attached hydrogens (primary N) is 1. The van der Waals surface area contributed by atoms with Crippen LogP contribution in [0.3, 0.4) is 0 Å². The number of unbranched alkanes of at least 4 members (excludes halogenated alkanes) is 1. The molecule has 2 rings (SSSR count). The molecule has 2 N–H and O–H groups in total. The molecule has 0 spiro atoms. The highest BCUT2D eigenvalue weighted by molar-refractivity contribution is 5.30. The number of rotatable bonds is 6. The Morgan fingerprint density at radius 2 is 2.00 bits per heavy atom. The Bertz CT molecular complexity index is 481. The number of aromatic nitrogens is 2. The summed E-state index contributed by atoms with van der Waals surface area (Å²) < 4.78 is 19.9.